The zero-order chi connectivity index (χ0) is 18.3. The van der Waals surface area contributed by atoms with Gasteiger partial charge in [0.2, 0.25) is 5.60 Å². The van der Waals surface area contributed by atoms with Crippen LogP contribution >= 0.6 is 31.9 Å². The SMILES string of the molecule is CCCCCOC(=O)C(OO)(c1ccc(Br)cc1)c1ccc(Br)cc1. The maximum atomic E-state index is 12.9. The fourth-order valence-electron chi connectivity index (χ4n) is 2.53. The lowest BCUT2D eigenvalue weighted by molar-refractivity contribution is -0.311. The number of ether oxygens (including phenoxy) is 1. The van der Waals surface area contributed by atoms with Crippen LogP contribution in [0.15, 0.2) is 57.5 Å². The quantitative estimate of drug-likeness (QED) is 0.233. The highest BCUT2D eigenvalue weighted by molar-refractivity contribution is 9.10. The minimum absolute atomic E-state index is 0.283. The van der Waals surface area contributed by atoms with Gasteiger partial charge in [-0.2, -0.15) is 0 Å². The minimum atomic E-state index is -1.73. The van der Waals surface area contributed by atoms with Crippen molar-refractivity contribution in [3.63, 3.8) is 0 Å². The molecular formula is C19H20Br2O4. The van der Waals surface area contributed by atoms with Crippen molar-refractivity contribution in [2.24, 2.45) is 0 Å². The van der Waals surface area contributed by atoms with Crippen LogP contribution in [-0.4, -0.2) is 17.8 Å². The monoisotopic (exact) mass is 470 g/mol. The number of carbonyl (C=O) groups is 1. The molecule has 0 aromatic heterocycles. The molecule has 0 fully saturated rings. The van der Waals surface area contributed by atoms with Gasteiger partial charge in [0.05, 0.1) is 6.61 Å². The molecule has 0 amide bonds. The van der Waals surface area contributed by atoms with E-state index in [1.165, 1.54) is 0 Å². The van der Waals surface area contributed by atoms with Crippen LogP contribution in [0.25, 0.3) is 0 Å². The van der Waals surface area contributed by atoms with Crippen LogP contribution in [-0.2, 0) is 20.0 Å². The Kier molecular flexibility index (Phi) is 7.62. The highest BCUT2D eigenvalue weighted by atomic mass is 79.9. The molecule has 0 aliphatic carbocycles. The van der Waals surface area contributed by atoms with Gasteiger partial charge in [0.25, 0.3) is 0 Å². The molecule has 0 atom stereocenters. The molecule has 0 unspecified atom stereocenters. The highest BCUT2D eigenvalue weighted by Gasteiger charge is 2.46. The fraction of sp³-hybridized carbons (Fsp3) is 0.316. The molecule has 0 radical (unpaired) electrons. The molecular weight excluding hydrogens is 452 g/mol. The van der Waals surface area contributed by atoms with E-state index in [0.29, 0.717) is 11.1 Å². The van der Waals surface area contributed by atoms with E-state index >= 15 is 0 Å². The Morgan fingerprint density at radius 3 is 1.84 bits per heavy atom. The average Bonchev–Trinajstić information content (AvgIpc) is 2.62. The summed E-state index contributed by atoms with van der Waals surface area (Å²) in [4.78, 5) is 17.7. The summed E-state index contributed by atoms with van der Waals surface area (Å²) in [5.41, 5.74) is -0.754. The topological polar surface area (TPSA) is 55.8 Å². The summed E-state index contributed by atoms with van der Waals surface area (Å²) < 4.78 is 7.14. The van der Waals surface area contributed by atoms with Crippen molar-refractivity contribution in [2.75, 3.05) is 6.61 Å². The summed E-state index contributed by atoms with van der Waals surface area (Å²) in [6.07, 6.45) is 2.76. The summed E-state index contributed by atoms with van der Waals surface area (Å²) >= 11 is 6.74. The largest absolute Gasteiger partial charge is 0.463 e. The van der Waals surface area contributed by atoms with Crippen LogP contribution in [0.2, 0.25) is 0 Å². The first-order valence-corrected chi connectivity index (χ1v) is 9.65. The second kappa shape index (κ2) is 9.48. The van der Waals surface area contributed by atoms with Crippen molar-refractivity contribution < 1.29 is 19.7 Å². The Balaban J connectivity index is 2.43. The summed E-state index contributed by atoms with van der Waals surface area (Å²) in [7, 11) is 0. The van der Waals surface area contributed by atoms with E-state index in [4.69, 9.17) is 9.62 Å². The molecule has 2 rings (SSSR count). The van der Waals surface area contributed by atoms with Crippen molar-refractivity contribution in [3.8, 4) is 0 Å². The van der Waals surface area contributed by atoms with Gasteiger partial charge in [-0.1, -0.05) is 75.9 Å². The van der Waals surface area contributed by atoms with Crippen molar-refractivity contribution in [1.82, 2.24) is 0 Å². The number of carbonyl (C=O) groups excluding carboxylic acids is 1. The molecule has 25 heavy (non-hydrogen) atoms. The molecule has 0 aliphatic heterocycles. The van der Waals surface area contributed by atoms with Gasteiger partial charge in [0.15, 0.2) is 0 Å². The van der Waals surface area contributed by atoms with Crippen molar-refractivity contribution in [1.29, 1.82) is 0 Å². The van der Waals surface area contributed by atoms with Gasteiger partial charge in [-0.05, 0) is 30.7 Å². The highest BCUT2D eigenvalue weighted by Crippen LogP contribution is 2.36. The van der Waals surface area contributed by atoms with Crippen LogP contribution in [0.1, 0.15) is 37.3 Å². The molecule has 0 saturated heterocycles. The third-order valence-corrected chi connectivity index (χ3v) is 4.96. The number of rotatable bonds is 8. The minimum Gasteiger partial charge on any atom is -0.463 e. The second-order valence-electron chi connectivity index (χ2n) is 5.63. The van der Waals surface area contributed by atoms with Crippen LogP contribution in [0.3, 0.4) is 0 Å². The van der Waals surface area contributed by atoms with Crippen molar-refractivity contribution in [2.45, 2.75) is 31.8 Å². The van der Waals surface area contributed by atoms with Gasteiger partial charge in [-0.15, -0.1) is 0 Å². The Bertz CT molecular complexity index is 638. The summed E-state index contributed by atoms with van der Waals surface area (Å²) in [5.74, 6) is -0.643. The van der Waals surface area contributed by atoms with Crippen LogP contribution < -0.4 is 0 Å². The molecule has 4 nitrogen and oxygen atoms in total. The Morgan fingerprint density at radius 1 is 0.960 bits per heavy atom. The smallest absolute Gasteiger partial charge is 0.351 e. The predicted octanol–water partition coefficient (Wildman–Crippen LogP) is 5.68. The zero-order valence-electron chi connectivity index (χ0n) is 13.9. The first kappa shape index (κ1) is 20.1. The normalized spacial score (nSPS) is 11.4. The number of hydrogen-bond acceptors (Lipinski definition) is 4. The molecule has 1 N–H and O–H groups in total. The van der Waals surface area contributed by atoms with Crippen LogP contribution in [0.5, 0.6) is 0 Å². The van der Waals surface area contributed by atoms with E-state index in [9.17, 15) is 10.1 Å². The Morgan fingerprint density at radius 2 is 1.44 bits per heavy atom. The van der Waals surface area contributed by atoms with Crippen molar-refractivity contribution >= 4 is 37.8 Å². The van der Waals surface area contributed by atoms with E-state index in [-0.39, 0.29) is 6.61 Å². The lowest BCUT2D eigenvalue weighted by Crippen LogP contribution is -2.41. The number of hydrogen-bond donors (Lipinski definition) is 1. The number of unbranched alkanes of at least 4 members (excludes halogenated alkanes) is 2. The maximum Gasteiger partial charge on any atom is 0.351 e. The van der Waals surface area contributed by atoms with Gasteiger partial charge in [-0.3, -0.25) is 0 Å². The molecule has 0 bridgehead atoms. The first-order chi connectivity index (χ1) is 12.0. The first-order valence-electron chi connectivity index (χ1n) is 8.06. The summed E-state index contributed by atoms with van der Waals surface area (Å²) in [5, 5.41) is 9.77. The van der Waals surface area contributed by atoms with E-state index in [2.05, 4.69) is 38.8 Å². The number of esters is 1. The molecule has 2 aromatic carbocycles. The van der Waals surface area contributed by atoms with E-state index in [1.54, 1.807) is 48.5 Å². The lowest BCUT2D eigenvalue weighted by Gasteiger charge is -2.29. The lowest BCUT2D eigenvalue weighted by atomic mass is 9.86. The molecule has 0 aliphatic rings. The average molecular weight is 472 g/mol. The van der Waals surface area contributed by atoms with E-state index < -0.39 is 11.6 Å². The molecule has 6 heteroatoms. The van der Waals surface area contributed by atoms with Gasteiger partial charge in [-0.25, -0.2) is 14.9 Å². The summed E-state index contributed by atoms with van der Waals surface area (Å²) in [6, 6.07) is 14.0. The van der Waals surface area contributed by atoms with Gasteiger partial charge < -0.3 is 4.74 Å². The third kappa shape index (κ3) is 4.70. The van der Waals surface area contributed by atoms with Crippen LogP contribution in [0.4, 0.5) is 0 Å². The molecule has 0 spiro atoms. The van der Waals surface area contributed by atoms with E-state index in [0.717, 1.165) is 28.2 Å². The molecule has 0 saturated carbocycles. The number of benzene rings is 2. The zero-order valence-corrected chi connectivity index (χ0v) is 17.0. The number of halogens is 2. The Labute approximate surface area is 164 Å². The Hall–Kier alpha value is -1.21. The maximum absolute atomic E-state index is 12.9. The predicted molar refractivity (Wildman–Crippen MR) is 103 cm³/mol. The molecule has 0 heterocycles. The molecule has 2 aromatic rings. The van der Waals surface area contributed by atoms with Gasteiger partial charge >= 0.3 is 5.97 Å². The fourth-order valence-corrected chi connectivity index (χ4v) is 3.06. The van der Waals surface area contributed by atoms with Gasteiger partial charge in [0.1, 0.15) is 0 Å². The second-order valence-corrected chi connectivity index (χ2v) is 7.46. The summed E-state index contributed by atoms with van der Waals surface area (Å²) in [6.45, 7) is 2.36. The van der Waals surface area contributed by atoms with Gasteiger partial charge in [0, 0.05) is 20.1 Å². The van der Waals surface area contributed by atoms with Crippen LogP contribution in [0, 0.1) is 0 Å². The molecule has 134 valence electrons. The van der Waals surface area contributed by atoms with E-state index in [1.807, 2.05) is 0 Å². The standard InChI is InChI=1S/C19H20Br2O4/c1-2-3-4-13-24-18(22)19(25-23,14-5-9-16(20)10-6-14)15-7-11-17(21)12-8-15/h5-12,23H,2-4,13H2,1H3. The van der Waals surface area contributed by atoms with Crippen molar-refractivity contribution in [3.05, 3.63) is 68.6 Å². The third-order valence-electron chi connectivity index (χ3n) is 3.91.